The number of nitrogens with zero attached hydrogens (tertiary/aromatic N) is 4. The third-order valence-corrected chi connectivity index (χ3v) is 2.15. The van der Waals surface area contributed by atoms with E-state index in [9.17, 15) is 10.1 Å². The molecule has 2 heterocycles. The Kier molecular flexibility index (Phi) is 2.34. The number of aromatic nitrogens is 3. The van der Waals surface area contributed by atoms with Crippen LogP contribution in [0.5, 0.6) is 0 Å². The summed E-state index contributed by atoms with van der Waals surface area (Å²) in [4.78, 5) is 13.8. The number of rotatable bonds is 2. The molecule has 0 aromatic carbocycles. The largest absolute Gasteiger partial charge is 0.326 e. The topological polar surface area (TPSA) is 73.8 Å². The molecule has 0 aliphatic heterocycles. The number of hydrogen-bond donors (Lipinski definition) is 0. The Labute approximate surface area is 89.3 Å². The maximum Gasteiger partial charge on any atom is 0.326 e. The maximum atomic E-state index is 10.5. The molecular weight excluding hydrogens is 220 g/mol. The lowest BCUT2D eigenvalue weighted by atomic mass is 10.4. The van der Waals surface area contributed by atoms with E-state index in [1.807, 2.05) is 0 Å². The van der Waals surface area contributed by atoms with E-state index in [1.54, 1.807) is 24.5 Å². The van der Waals surface area contributed by atoms with Crippen LogP contribution in [0.4, 0.5) is 5.69 Å². The molecule has 0 atom stereocenters. The Balaban J connectivity index is 2.52. The molecule has 0 saturated carbocycles. The molecule has 2 aromatic heterocycles. The van der Waals surface area contributed by atoms with E-state index in [1.165, 1.54) is 4.68 Å². The first-order valence-electron chi connectivity index (χ1n) is 3.98. The molecule has 0 spiro atoms. The lowest BCUT2D eigenvalue weighted by molar-refractivity contribution is -0.384. The fourth-order valence-corrected chi connectivity index (χ4v) is 1.37. The van der Waals surface area contributed by atoms with Gasteiger partial charge in [-0.2, -0.15) is 5.10 Å². The Morgan fingerprint density at radius 3 is 2.60 bits per heavy atom. The summed E-state index contributed by atoms with van der Waals surface area (Å²) in [6.45, 7) is 0. The van der Waals surface area contributed by atoms with Gasteiger partial charge < -0.3 is 0 Å². The summed E-state index contributed by atoms with van der Waals surface area (Å²) in [5, 5.41) is 14.3. The van der Waals surface area contributed by atoms with E-state index in [0.717, 1.165) is 6.20 Å². The molecule has 0 fully saturated rings. The molecule has 0 aliphatic carbocycles. The van der Waals surface area contributed by atoms with Gasteiger partial charge in [0.05, 0.1) is 10.6 Å². The van der Waals surface area contributed by atoms with Crippen molar-refractivity contribution in [1.29, 1.82) is 0 Å². The fourth-order valence-electron chi connectivity index (χ4n) is 1.11. The summed E-state index contributed by atoms with van der Waals surface area (Å²) >= 11 is 5.79. The molecule has 2 rings (SSSR count). The van der Waals surface area contributed by atoms with E-state index in [-0.39, 0.29) is 10.8 Å². The molecule has 0 aliphatic rings. The first-order valence-corrected chi connectivity index (χ1v) is 4.36. The summed E-state index contributed by atoms with van der Waals surface area (Å²) in [6, 6.07) is 3.31. The van der Waals surface area contributed by atoms with Crippen LogP contribution in [0.15, 0.2) is 30.7 Å². The number of hydrogen-bond acceptors (Lipinski definition) is 4. The second kappa shape index (κ2) is 3.66. The third kappa shape index (κ3) is 1.66. The van der Waals surface area contributed by atoms with E-state index in [4.69, 9.17) is 11.6 Å². The molecule has 0 bridgehead atoms. The van der Waals surface area contributed by atoms with Gasteiger partial charge in [0, 0.05) is 12.4 Å². The van der Waals surface area contributed by atoms with Gasteiger partial charge in [-0.3, -0.25) is 15.1 Å². The van der Waals surface area contributed by atoms with Crippen molar-refractivity contribution in [2.24, 2.45) is 0 Å². The van der Waals surface area contributed by atoms with Crippen molar-refractivity contribution < 1.29 is 4.92 Å². The molecule has 76 valence electrons. The van der Waals surface area contributed by atoms with Gasteiger partial charge in [-0.05, 0) is 12.1 Å². The van der Waals surface area contributed by atoms with E-state index < -0.39 is 4.92 Å². The van der Waals surface area contributed by atoms with Crippen molar-refractivity contribution in [3.05, 3.63) is 46.0 Å². The van der Waals surface area contributed by atoms with Crippen LogP contribution >= 0.6 is 11.6 Å². The summed E-state index contributed by atoms with van der Waals surface area (Å²) in [7, 11) is 0. The molecule has 7 heteroatoms. The summed E-state index contributed by atoms with van der Waals surface area (Å²) in [5.41, 5.74) is 0.413. The Bertz CT molecular complexity index is 497. The van der Waals surface area contributed by atoms with Gasteiger partial charge in [0.2, 0.25) is 5.15 Å². The minimum atomic E-state index is -0.576. The highest BCUT2D eigenvalue weighted by Gasteiger charge is 2.18. The highest BCUT2D eigenvalue weighted by molar-refractivity contribution is 6.31. The molecule has 0 unspecified atom stereocenters. The van der Waals surface area contributed by atoms with Crippen molar-refractivity contribution in [2.75, 3.05) is 0 Å². The lowest BCUT2D eigenvalue weighted by Gasteiger charge is -1.99. The number of nitro groups is 1. The molecule has 2 aromatic rings. The van der Waals surface area contributed by atoms with Crippen molar-refractivity contribution in [1.82, 2.24) is 14.8 Å². The minimum absolute atomic E-state index is 0.0220. The average Bonchev–Trinajstić information content (AvgIpc) is 2.61. The normalized spacial score (nSPS) is 10.2. The molecule has 0 radical (unpaired) electrons. The summed E-state index contributed by atoms with van der Waals surface area (Å²) < 4.78 is 1.28. The maximum absolute atomic E-state index is 10.5. The van der Waals surface area contributed by atoms with Gasteiger partial charge in [-0.15, -0.1) is 0 Å². The van der Waals surface area contributed by atoms with Crippen molar-refractivity contribution in [2.45, 2.75) is 0 Å². The van der Waals surface area contributed by atoms with Crippen LogP contribution in [0, 0.1) is 10.1 Å². The predicted molar refractivity (Wildman–Crippen MR) is 53.0 cm³/mol. The monoisotopic (exact) mass is 224 g/mol. The van der Waals surface area contributed by atoms with Crippen molar-refractivity contribution in [3.8, 4) is 5.69 Å². The lowest BCUT2D eigenvalue weighted by Crippen LogP contribution is -1.96. The van der Waals surface area contributed by atoms with Crippen LogP contribution in [0.25, 0.3) is 5.69 Å². The van der Waals surface area contributed by atoms with Crippen LogP contribution < -0.4 is 0 Å². The minimum Gasteiger partial charge on any atom is -0.265 e. The van der Waals surface area contributed by atoms with Crippen LogP contribution in [0.2, 0.25) is 5.15 Å². The average molecular weight is 225 g/mol. The first-order chi connectivity index (χ1) is 7.20. The first kappa shape index (κ1) is 9.60. The number of halogens is 1. The Morgan fingerprint density at radius 1 is 1.40 bits per heavy atom. The van der Waals surface area contributed by atoms with Gasteiger partial charge in [0.1, 0.15) is 6.20 Å². The van der Waals surface area contributed by atoms with Gasteiger partial charge in [0.25, 0.3) is 0 Å². The molecule has 0 saturated heterocycles. The second-order valence-electron chi connectivity index (χ2n) is 2.69. The molecule has 0 amide bonds. The van der Waals surface area contributed by atoms with E-state index >= 15 is 0 Å². The highest BCUT2D eigenvalue weighted by Crippen LogP contribution is 2.25. The van der Waals surface area contributed by atoms with Crippen molar-refractivity contribution >= 4 is 17.3 Å². The fraction of sp³-hybridized carbons (Fsp3) is 0. The van der Waals surface area contributed by atoms with Gasteiger partial charge >= 0.3 is 5.69 Å². The predicted octanol–water partition coefficient (Wildman–Crippen LogP) is 1.83. The second-order valence-corrected chi connectivity index (χ2v) is 3.05. The SMILES string of the molecule is O=[N+]([O-])c1cnn(-c2ccncc2)c1Cl. The standard InChI is InChI=1S/C8H5ClN4O2/c9-8-7(13(14)15)5-11-12(8)6-1-3-10-4-2-6/h1-5H. The number of pyridine rings is 1. The quantitative estimate of drug-likeness (QED) is 0.576. The van der Waals surface area contributed by atoms with Crippen LogP contribution in [-0.4, -0.2) is 19.7 Å². The molecule has 15 heavy (non-hydrogen) atoms. The van der Waals surface area contributed by atoms with E-state index in [0.29, 0.717) is 5.69 Å². The molecule has 0 N–H and O–H groups in total. The zero-order valence-corrected chi connectivity index (χ0v) is 8.13. The van der Waals surface area contributed by atoms with Crippen LogP contribution in [0.1, 0.15) is 0 Å². The zero-order chi connectivity index (χ0) is 10.8. The van der Waals surface area contributed by atoms with Crippen LogP contribution in [0.3, 0.4) is 0 Å². The molecular formula is C8H5ClN4O2. The smallest absolute Gasteiger partial charge is 0.265 e. The third-order valence-electron chi connectivity index (χ3n) is 1.80. The van der Waals surface area contributed by atoms with E-state index in [2.05, 4.69) is 10.1 Å². The Hall–Kier alpha value is -1.95. The summed E-state index contributed by atoms with van der Waals surface area (Å²) in [5.74, 6) is 0. The Morgan fingerprint density at radius 2 is 2.07 bits per heavy atom. The van der Waals surface area contributed by atoms with Gasteiger partial charge in [-0.25, -0.2) is 4.68 Å². The van der Waals surface area contributed by atoms with Crippen LogP contribution in [-0.2, 0) is 0 Å². The van der Waals surface area contributed by atoms with Gasteiger partial charge in [0.15, 0.2) is 0 Å². The van der Waals surface area contributed by atoms with Gasteiger partial charge in [-0.1, -0.05) is 11.6 Å². The molecule has 6 nitrogen and oxygen atoms in total. The highest BCUT2D eigenvalue weighted by atomic mass is 35.5. The van der Waals surface area contributed by atoms with Crippen molar-refractivity contribution in [3.63, 3.8) is 0 Å². The zero-order valence-electron chi connectivity index (χ0n) is 7.37. The summed E-state index contributed by atoms with van der Waals surface area (Å²) in [6.07, 6.45) is 4.22.